The molecule has 3 heterocycles. The molecule has 2 aromatic rings. The number of hydrogen-bond acceptors (Lipinski definition) is 7. The SMILES string of the molecule is Cc1ncc(CNC(=O)N2CCN(C)C(c3nc(C4CC4)no3)C2)s1. The van der Waals surface area contributed by atoms with Crippen molar-refractivity contribution in [2.75, 3.05) is 26.7 Å². The highest BCUT2D eigenvalue weighted by atomic mass is 32.1. The van der Waals surface area contributed by atoms with Gasteiger partial charge in [-0.15, -0.1) is 11.3 Å². The van der Waals surface area contributed by atoms with Gasteiger partial charge in [0.05, 0.1) is 11.6 Å². The second-order valence-electron chi connectivity index (χ2n) is 6.71. The molecule has 1 saturated heterocycles. The first kappa shape index (κ1) is 16.5. The van der Waals surface area contributed by atoms with E-state index in [9.17, 15) is 4.79 Å². The van der Waals surface area contributed by atoms with Crippen LogP contribution >= 0.6 is 11.3 Å². The molecule has 2 amide bonds. The summed E-state index contributed by atoms with van der Waals surface area (Å²) in [7, 11) is 2.03. The van der Waals surface area contributed by atoms with Gasteiger partial charge in [0.1, 0.15) is 6.04 Å². The van der Waals surface area contributed by atoms with E-state index in [2.05, 4.69) is 25.3 Å². The van der Waals surface area contributed by atoms with Crippen molar-refractivity contribution in [1.29, 1.82) is 0 Å². The summed E-state index contributed by atoms with van der Waals surface area (Å²) in [5, 5.41) is 8.08. The Labute approximate surface area is 150 Å². The van der Waals surface area contributed by atoms with E-state index in [0.717, 1.165) is 35.1 Å². The normalized spacial score (nSPS) is 21.5. The summed E-state index contributed by atoms with van der Waals surface area (Å²) in [6.45, 7) is 4.48. The minimum Gasteiger partial charge on any atom is -0.338 e. The molecule has 4 rings (SSSR count). The van der Waals surface area contributed by atoms with E-state index in [-0.39, 0.29) is 12.1 Å². The fraction of sp³-hybridized carbons (Fsp3) is 0.625. The molecular formula is C16H22N6O2S. The Morgan fingerprint density at radius 1 is 1.44 bits per heavy atom. The number of aromatic nitrogens is 3. The molecule has 0 spiro atoms. The van der Waals surface area contributed by atoms with Gasteiger partial charge in [-0.25, -0.2) is 9.78 Å². The highest BCUT2D eigenvalue weighted by Crippen LogP contribution is 2.38. The maximum Gasteiger partial charge on any atom is 0.317 e. The molecule has 0 bridgehead atoms. The molecule has 25 heavy (non-hydrogen) atoms. The number of urea groups is 1. The number of carbonyl (C=O) groups excluding carboxylic acids is 1. The minimum absolute atomic E-state index is 0.0508. The Morgan fingerprint density at radius 3 is 3.00 bits per heavy atom. The number of amides is 2. The fourth-order valence-electron chi connectivity index (χ4n) is 2.98. The molecule has 9 heteroatoms. The van der Waals surface area contributed by atoms with Gasteiger partial charge in [-0.3, -0.25) is 4.90 Å². The van der Waals surface area contributed by atoms with Crippen LogP contribution in [0.2, 0.25) is 0 Å². The van der Waals surface area contributed by atoms with E-state index in [1.807, 2.05) is 25.1 Å². The van der Waals surface area contributed by atoms with Crippen molar-refractivity contribution in [2.24, 2.45) is 0 Å². The number of aryl methyl sites for hydroxylation is 1. The summed E-state index contributed by atoms with van der Waals surface area (Å²) in [6, 6.07) is -0.115. The first-order valence-corrected chi connectivity index (χ1v) is 9.39. The van der Waals surface area contributed by atoms with Crippen LogP contribution in [0, 0.1) is 6.92 Å². The quantitative estimate of drug-likeness (QED) is 0.894. The third-order valence-corrected chi connectivity index (χ3v) is 5.62. The summed E-state index contributed by atoms with van der Waals surface area (Å²) in [5.41, 5.74) is 0. The van der Waals surface area contributed by atoms with Gasteiger partial charge in [0, 0.05) is 36.6 Å². The second kappa shape index (κ2) is 6.72. The Hall–Kier alpha value is -2.00. The molecule has 1 unspecified atom stereocenters. The second-order valence-corrected chi connectivity index (χ2v) is 8.03. The third-order valence-electron chi connectivity index (χ3n) is 4.70. The van der Waals surface area contributed by atoms with E-state index < -0.39 is 0 Å². The lowest BCUT2D eigenvalue weighted by molar-refractivity contribution is 0.0910. The van der Waals surface area contributed by atoms with E-state index in [1.165, 1.54) is 0 Å². The number of carbonyl (C=O) groups is 1. The number of nitrogens with one attached hydrogen (secondary N) is 1. The molecule has 1 N–H and O–H groups in total. The molecule has 1 aliphatic heterocycles. The topological polar surface area (TPSA) is 87.4 Å². The van der Waals surface area contributed by atoms with Crippen LogP contribution in [-0.2, 0) is 6.54 Å². The first-order valence-electron chi connectivity index (χ1n) is 8.58. The monoisotopic (exact) mass is 362 g/mol. The predicted molar refractivity (Wildman–Crippen MR) is 92.3 cm³/mol. The predicted octanol–water partition coefficient (Wildman–Crippen LogP) is 1.91. The zero-order chi connectivity index (χ0) is 17.4. The molecule has 2 fully saturated rings. The van der Waals surface area contributed by atoms with Gasteiger partial charge in [-0.05, 0) is 26.8 Å². The summed E-state index contributed by atoms with van der Waals surface area (Å²) in [6.07, 6.45) is 4.10. The molecule has 0 aromatic carbocycles. The van der Waals surface area contributed by atoms with Crippen LogP contribution in [0.25, 0.3) is 0 Å². The van der Waals surface area contributed by atoms with Crippen LogP contribution in [0.5, 0.6) is 0 Å². The summed E-state index contributed by atoms with van der Waals surface area (Å²) in [5.74, 6) is 1.89. The van der Waals surface area contributed by atoms with Crippen molar-refractivity contribution >= 4 is 17.4 Å². The number of nitrogens with zero attached hydrogens (tertiary/aromatic N) is 5. The van der Waals surface area contributed by atoms with Gasteiger partial charge in [0.25, 0.3) is 0 Å². The van der Waals surface area contributed by atoms with Crippen LogP contribution in [0.3, 0.4) is 0 Å². The Morgan fingerprint density at radius 2 is 2.28 bits per heavy atom. The maximum absolute atomic E-state index is 12.5. The van der Waals surface area contributed by atoms with Gasteiger partial charge in [0.15, 0.2) is 5.82 Å². The van der Waals surface area contributed by atoms with Crippen molar-refractivity contribution in [3.63, 3.8) is 0 Å². The van der Waals surface area contributed by atoms with Crippen LogP contribution < -0.4 is 5.32 Å². The van der Waals surface area contributed by atoms with E-state index in [0.29, 0.717) is 31.4 Å². The number of thiazole rings is 1. The number of likely N-dealkylation sites (N-methyl/N-ethyl adjacent to an activating group) is 1. The van der Waals surface area contributed by atoms with Crippen LogP contribution in [-0.4, -0.2) is 57.6 Å². The lowest BCUT2D eigenvalue weighted by Gasteiger charge is -2.37. The van der Waals surface area contributed by atoms with E-state index in [1.54, 1.807) is 11.3 Å². The van der Waals surface area contributed by atoms with Crippen molar-refractivity contribution in [2.45, 2.75) is 38.3 Å². The van der Waals surface area contributed by atoms with Crippen LogP contribution in [0.15, 0.2) is 10.7 Å². The number of hydrogen-bond donors (Lipinski definition) is 1. The first-order chi connectivity index (χ1) is 12.1. The Kier molecular flexibility index (Phi) is 4.43. The summed E-state index contributed by atoms with van der Waals surface area (Å²) < 4.78 is 5.47. The van der Waals surface area contributed by atoms with E-state index in [4.69, 9.17) is 4.52 Å². The number of rotatable bonds is 4. The van der Waals surface area contributed by atoms with Crippen molar-refractivity contribution in [3.8, 4) is 0 Å². The van der Waals surface area contributed by atoms with Crippen LogP contribution in [0.4, 0.5) is 4.79 Å². The van der Waals surface area contributed by atoms with Crippen molar-refractivity contribution in [1.82, 2.24) is 30.2 Å². The average molecular weight is 362 g/mol. The summed E-state index contributed by atoms with van der Waals surface area (Å²) in [4.78, 5) is 26.3. The zero-order valence-electron chi connectivity index (χ0n) is 14.4. The molecule has 0 radical (unpaired) electrons. The highest BCUT2D eigenvalue weighted by Gasteiger charge is 2.34. The summed E-state index contributed by atoms with van der Waals surface area (Å²) >= 11 is 1.60. The molecular weight excluding hydrogens is 340 g/mol. The van der Waals surface area contributed by atoms with Crippen molar-refractivity contribution < 1.29 is 9.32 Å². The minimum atomic E-state index is -0.0638. The smallest absolute Gasteiger partial charge is 0.317 e. The largest absolute Gasteiger partial charge is 0.338 e. The van der Waals surface area contributed by atoms with Gasteiger partial charge >= 0.3 is 6.03 Å². The molecule has 1 saturated carbocycles. The molecule has 2 aromatic heterocycles. The fourth-order valence-corrected chi connectivity index (χ4v) is 3.71. The Bertz CT molecular complexity index is 755. The maximum atomic E-state index is 12.5. The van der Waals surface area contributed by atoms with Gasteiger partial charge in [0.2, 0.25) is 5.89 Å². The molecule has 8 nitrogen and oxygen atoms in total. The molecule has 1 aliphatic carbocycles. The molecule has 2 aliphatic rings. The lowest BCUT2D eigenvalue weighted by atomic mass is 10.2. The third kappa shape index (κ3) is 3.67. The molecule has 134 valence electrons. The van der Waals surface area contributed by atoms with Gasteiger partial charge < -0.3 is 14.7 Å². The van der Waals surface area contributed by atoms with Gasteiger partial charge in [-0.2, -0.15) is 4.98 Å². The van der Waals surface area contributed by atoms with Crippen molar-refractivity contribution in [3.05, 3.63) is 27.8 Å². The standard InChI is InChI=1S/C16H22N6O2S/c1-10-17-7-12(25-10)8-18-16(23)22-6-5-21(2)13(9-22)15-19-14(20-24-15)11-3-4-11/h7,11,13H,3-6,8-9H2,1-2H3,(H,18,23). The highest BCUT2D eigenvalue weighted by molar-refractivity contribution is 7.11. The van der Waals surface area contributed by atoms with Crippen LogP contribution in [0.1, 0.15) is 46.4 Å². The van der Waals surface area contributed by atoms with E-state index >= 15 is 0 Å². The lowest BCUT2D eigenvalue weighted by Crippen LogP contribution is -2.51. The van der Waals surface area contributed by atoms with Gasteiger partial charge in [-0.1, -0.05) is 5.16 Å². The zero-order valence-corrected chi connectivity index (χ0v) is 15.3. The number of piperazine rings is 1. The molecule has 1 atom stereocenters. The Balaban J connectivity index is 1.37. The average Bonchev–Trinajstić information content (AvgIpc) is 3.19.